The Balaban J connectivity index is 2.37. The lowest BCUT2D eigenvalue weighted by atomic mass is 9.66. The SMILES string of the molecule is CC1CCC(C(C)(C)c2c(Br)cnn2C(C)C)C(O)C1. The zero-order valence-corrected chi connectivity index (χ0v) is 14.8. The van der Waals surface area contributed by atoms with E-state index in [4.69, 9.17) is 0 Å². The fourth-order valence-corrected chi connectivity index (χ4v) is 4.49. The summed E-state index contributed by atoms with van der Waals surface area (Å²) in [7, 11) is 0. The Morgan fingerprint density at radius 1 is 1.40 bits per heavy atom. The molecule has 0 aliphatic heterocycles. The monoisotopic (exact) mass is 342 g/mol. The summed E-state index contributed by atoms with van der Waals surface area (Å²) in [5.74, 6) is 0.930. The Hall–Kier alpha value is -0.350. The molecule has 3 atom stereocenters. The predicted octanol–water partition coefficient (Wildman–Crippen LogP) is 4.30. The van der Waals surface area contributed by atoms with Crippen LogP contribution in [0.4, 0.5) is 0 Å². The lowest BCUT2D eigenvalue weighted by Crippen LogP contribution is -2.42. The van der Waals surface area contributed by atoms with Gasteiger partial charge in [-0.05, 0) is 54.5 Å². The molecule has 0 spiro atoms. The van der Waals surface area contributed by atoms with E-state index in [2.05, 4.69) is 60.3 Å². The van der Waals surface area contributed by atoms with Crippen molar-refractivity contribution in [2.24, 2.45) is 11.8 Å². The number of halogens is 1. The van der Waals surface area contributed by atoms with E-state index in [9.17, 15) is 5.11 Å². The minimum absolute atomic E-state index is 0.0842. The van der Waals surface area contributed by atoms with E-state index in [1.54, 1.807) is 0 Å². The number of rotatable bonds is 3. The molecule has 114 valence electrons. The standard InChI is InChI=1S/C16H27BrN2O/c1-10(2)19-15(13(17)9-18-19)16(4,5)12-7-6-11(3)8-14(12)20/h9-12,14,20H,6-8H2,1-5H3. The molecule has 0 amide bonds. The third-order valence-electron chi connectivity index (χ3n) is 4.86. The molecule has 20 heavy (non-hydrogen) atoms. The summed E-state index contributed by atoms with van der Waals surface area (Å²) in [4.78, 5) is 0. The highest BCUT2D eigenvalue weighted by Crippen LogP contribution is 2.44. The van der Waals surface area contributed by atoms with Gasteiger partial charge in [0.2, 0.25) is 0 Å². The molecule has 1 aliphatic carbocycles. The lowest BCUT2D eigenvalue weighted by Gasteiger charge is -2.42. The Labute approximate surface area is 130 Å². The van der Waals surface area contributed by atoms with Crippen LogP contribution in [-0.4, -0.2) is 21.0 Å². The van der Waals surface area contributed by atoms with E-state index in [0.717, 1.165) is 17.3 Å². The van der Waals surface area contributed by atoms with E-state index in [1.165, 1.54) is 12.1 Å². The quantitative estimate of drug-likeness (QED) is 0.888. The molecular formula is C16H27BrN2O. The summed E-state index contributed by atoms with van der Waals surface area (Å²) < 4.78 is 3.15. The second-order valence-electron chi connectivity index (χ2n) is 7.19. The zero-order chi connectivity index (χ0) is 15.1. The van der Waals surface area contributed by atoms with Gasteiger partial charge in [-0.1, -0.05) is 27.2 Å². The van der Waals surface area contributed by atoms with Crippen molar-refractivity contribution in [1.29, 1.82) is 0 Å². The molecule has 1 N–H and O–H groups in total. The second kappa shape index (κ2) is 5.80. The minimum Gasteiger partial charge on any atom is -0.393 e. The van der Waals surface area contributed by atoms with Crippen LogP contribution in [0.5, 0.6) is 0 Å². The topological polar surface area (TPSA) is 38.0 Å². The van der Waals surface area contributed by atoms with Crippen LogP contribution in [0.15, 0.2) is 10.7 Å². The van der Waals surface area contributed by atoms with Crippen molar-refractivity contribution in [3.8, 4) is 0 Å². The van der Waals surface area contributed by atoms with Gasteiger partial charge in [-0.3, -0.25) is 4.68 Å². The number of hydrogen-bond acceptors (Lipinski definition) is 2. The van der Waals surface area contributed by atoms with Gasteiger partial charge in [-0.25, -0.2) is 0 Å². The Morgan fingerprint density at radius 3 is 2.60 bits per heavy atom. The fraction of sp³-hybridized carbons (Fsp3) is 0.812. The van der Waals surface area contributed by atoms with Gasteiger partial charge in [-0.15, -0.1) is 0 Å². The summed E-state index contributed by atoms with van der Waals surface area (Å²) in [6.45, 7) is 11.0. The van der Waals surface area contributed by atoms with Crippen molar-refractivity contribution in [2.45, 2.75) is 71.4 Å². The average molecular weight is 343 g/mol. The Morgan fingerprint density at radius 2 is 2.05 bits per heavy atom. The van der Waals surface area contributed by atoms with Crippen LogP contribution in [0.3, 0.4) is 0 Å². The van der Waals surface area contributed by atoms with Crippen LogP contribution in [0.2, 0.25) is 0 Å². The average Bonchev–Trinajstić information content (AvgIpc) is 2.71. The van der Waals surface area contributed by atoms with Crippen molar-refractivity contribution in [3.63, 3.8) is 0 Å². The molecule has 1 saturated carbocycles. The molecule has 0 saturated heterocycles. The van der Waals surface area contributed by atoms with Gasteiger partial charge < -0.3 is 5.11 Å². The number of hydrogen-bond donors (Lipinski definition) is 1. The highest BCUT2D eigenvalue weighted by molar-refractivity contribution is 9.10. The molecule has 0 aromatic carbocycles. The lowest BCUT2D eigenvalue weighted by molar-refractivity contribution is 0.0116. The van der Waals surface area contributed by atoms with E-state index >= 15 is 0 Å². The largest absolute Gasteiger partial charge is 0.393 e. The first-order valence-electron chi connectivity index (χ1n) is 7.66. The minimum atomic E-state index is -0.212. The highest BCUT2D eigenvalue weighted by atomic mass is 79.9. The maximum absolute atomic E-state index is 10.5. The normalized spacial score (nSPS) is 28.1. The van der Waals surface area contributed by atoms with Gasteiger partial charge in [0.1, 0.15) is 0 Å². The third-order valence-corrected chi connectivity index (χ3v) is 5.44. The molecule has 3 nitrogen and oxygen atoms in total. The van der Waals surface area contributed by atoms with Crippen molar-refractivity contribution < 1.29 is 5.11 Å². The molecule has 1 aromatic rings. The summed E-state index contributed by atoms with van der Waals surface area (Å²) >= 11 is 3.65. The summed E-state index contributed by atoms with van der Waals surface area (Å²) in [6, 6.07) is 0.329. The maximum Gasteiger partial charge on any atom is 0.0635 e. The first kappa shape index (κ1) is 16.0. The summed E-state index contributed by atoms with van der Waals surface area (Å²) in [5.41, 5.74) is 1.13. The van der Waals surface area contributed by atoms with Crippen LogP contribution in [0.25, 0.3) is 0 Å². The van der Waals surface area contributed by atoms with Gasteiger partial charge >= 0.3 is 0 Å². The highest BCUT2D eigenvalue weighted by Gasteiger charge is 2.42. The molecule has 1 aliphatic rings. The Bertz CT molecular complexity index is 467. The number of nitrogens with zero attached hydrogens (tertiary/aromatic N) is 2. The van der Waals surface area contributed by atoms with Crippen molar-refractivity contribution in [3.05, 3.63) is 16.4 Å². The van der Waals surface area contributed by atoms with Crippen LogP contribution < -0.4 is 0 Å². The van der Waals surface area contributed by atoms with Crippen molar-refractivity contribution in [1.82, 2.24) is 9.78 Å². The van der Waals surface area contributed by atoms with Gasteiger partial charge in [0, 0.05) is 11.5 Å². The van der Waals surface area contributed by atoms with Gasteiger partial charge in [-0.2, -0.15) is 5.10 Å². The smallest absolute Gasteiger partial charge is 0.0635 e. The molecule has 1 heterocycles. The zero-order valence-electron chi connectivity index (χ0n) is 13.2. The maximum atomic E-state index is 10.5. The number of aliphatic hydroxyl groups excluding tert-OH is 1. The molecule has 3 unspecified atom stereocenters. The van der Waals surface area contributed by atoms with Crippen LogP contribution in [0.1, 0.15) is 65.6 Å². The third kappa shape index (κ3) is 2.82. The number of aromatic nitrogens is 2. The van der Waals surface area contributed by atoms with Crippen LogP contribution >= 0.6 is 15.9 Å². The fourth-order valence-electron chi connectivity index (χ4n) is 3.70. The molecule has 1 aromatic heterocycles. The first-order valence-corrected chi connectivity index (χ1v) is 8.46. The summed E-state index contributed by atoms with van der Waals surface area (Å²) in [6.07, 6.45) is 4.89. The predicted molar refractivity (Wildman–Crippen MR) is 85.8 cm³/mol. The first-order chi connectivity index (χ1) is 9.25. The second-order valence-corrected chi connectivity index (χ2v) is 8.05. The molecule has 0 radical (unpaired) electrons. The van der Waals surface area contributed by atoms with E-state index in [-0.39, 0.29) is 11.5 Å². The molecule has 1 fully saturated rings. The summed E-state index contributed by atoms with van der Waals surface area (Å²) in [5, 5.41) is 15.1. The molecule has 4 heteroatoms. The van der Waals surface area contributed by atoms with E-state index in [1.807, 2.05) is 6.20 Å². The van der Waals surface area contributed by atoms with Gasteiger partial charge in [0.05, 0.1) is 22.5 Å². The van der Waals surface area contributed by atoms with E-state index in [0.29, 0.717) is 17.9 Å². The van der Waals surface area contributed by atoms with E-state index < -0.39 is 0 Å². The van der Waals surface area contributed by atoms with Crippen LogP contribution in [0, 0.1) is 11.8 Å². The molecular weight excluding hydrogens is 316 g/mol. The van der Waals surface area contributed by atoms with Gasteiger partial charge in [0.15, 0.2) is 0 Å². The van der Waals surface area contributed by atoms with Crippen molar-refractivity contribution in [2.75, 3.05) is 0 Å². The molecule has 0 bridgehead atoms. The van der Waals surface area contributed by atoms with Gasteiger partial charge in [0.25, 0.3) is 0 Å². The van der Waals surface area contributed by atoms with Crippen molar-refractivity contribution >= 4 is 15.9 Å². The Kier molecular flexibility index (Phi) is 4.65. The van der Waals surface area contributed by atoms with Crippen LogP contribution in [-0.2, 0) is 5.41 Å². The number of aliphatic hydroxyl groups is 1. The molecule has 2 rings (SSSR count).